The summed E-state index contributed by atoms with van der Waals surface area (Å²) < 4.78 is 6.03. The molecule has 2 aromatic carbocycles. The summed E-state index contributed by atoms with van der Waals surface area (Å²) in [6.45, 7) is 6.00. The van der Waals surface area contributed by atoms with Crippen molar-refractivity contribution in [2.75, 3.05) is 11.6 Å². The fourth-order valence-corrected chi connectivity index (χ4v) is 4.54. The van der Waals surface area contributed by atoms with Crippen molar-refractivity contribution in [3.05, 3.63) is 54.1 Å². The number of nitrogens with zero attached hydrogens (tertiary/aromatic N) is 4. The number of aromatic nitrogens is 1. The van der Waals surface area contributed by atoms with Crippen molar-refractivity contribution in [3.8, 4) is 0 Å². The van der Waals surface area contributed by atoms with Crippen LogP contribution in [-0.4, -0.2) is 34.9 Å². The zero-order valence-electron chi connectivity index (χ0n) is 18.2. The molecule has 3 aromatic rings. The number of hydrogen-bond acceptors (Lipinski definition) is 7. The van der Waals surface area contributed by atoms with Crippen molar-refractivity contribution < 1.29 is 14.3 Å². The molecular weight excluding hydrogens is 424 g/mol. The summed E-state index contributed by atoms with van der Waals surface area (Å²) in [7, 11) is 0. The van der Waals surface area contributed by atoms with Crippen molar-refractivity contribution >= 4 is 55.7 Å². The highest BCUT2D eigenvalue weighted by Gasteiger charge is 2.39. The van der Waals surface area contributed by atoms with E-state index in [1.54, 1.807) is 31.2 Å². The fourth-order valence-electron chi connectivity index (χ4n) is 3.61. The van der Waals surface area contributed by atoms with E-state index in [9.17, 15) is 9.59 Å². The predicted octanol–water partition coefficient (Wildman–Crippen LogP) is 5.38. The highest BCUT2D eigenvalue weighted by atomic mass is 32.1. The predicted molar refractivity (Wildman–Crippen MR) is 128 cm³/mol. The number of aliphatic imine (C=N–C) groups is 1. The van der Waals surface area contributed by atoms with Gasteiger partial charge in [-0.25, -0.2) is 9.78 Å². The van der Waals surface area contributed by atoms with Gasteiger partial charge >= 0.3 is 5.97 Å². The van der Waals surface area contributed by atoms with Gasteiger partial charge in [0.25, 0.3) is 5.91 Å². The Labute approximate surface area is 190 Å². The first kappa shape index (κ1) is 21.8. The van der Waals surface area contributed by atoms with E-state index >= 15 is 0 Å². The highest BCUT2D eigenvalue weighted by molar-refractivity contribution is 7.22. The quantitative estimate of drug-likeness (QED) is 0.359. The van der Waals surface area contributed by atoms with Gasteiger partial charge in [-0.2, -0.15) is 10.1 Å². The number of anilines is 1. The summed E-state index contributed by atoms with van der Waals surface area (Å²) in [6, 6.07) is 14.6. The van der Waals surface area contributed by atoms with Crippen LogP contribution in [0.15, 0.2) is 58.6 Å². The van der Waals surface area contributed by atoms with Crippen molar-refractivity contribution in [1.29, 1.82) is 0 Å². The molecular formula is C24H24N4O3S. The Balaban J connectivity index is 1.60. The van der Waals surface area contributed by atoms with Crippen LogP contribution in [0.4, 0.5) is 10.8 Å². The maximum absolute atomic E-state index is 13.4. The standard InChI is InChI=1S/C24H24N4O3S/c1-4-8-19-21(15(3)25-17-13-11-16(12-14-17)23(30)31-5-2)22(29)28(27-19)24-26-18-9-6-7-10-20(18)32-24/h6-7,9-14,21H,4-5,8H2,1-3H3/t21-/m0/s1. The van der Waals surface area contributed by atoms with Crippen LogP contribution in [-0.2, 0) is 9.53 Å². The molecule has 1 atom stereocenters. The Hall–Kier alpha value is -3.39. The molecule has 8 heteroatoms. The molecule has 1 amide bonds. The Morgan fingerprint density at radius 1 is 1.16 bits per heavy atom. The van der Waals surface area contributed by atoms with E-state index in [4.69, 9.17) is 4.74 Å². The summed E-state index contributed by atoms with van der Waals surface area (Å²) in [6.07, 6.45) is 1.57. The van der Waals surface area contributed by atoms with Gasteiger partial charge in [-0.15, -0.1) is 0 Å². The van der Waals surface area contributed by atoms with Gasteiger partial charge in [-0.05, 0) is 56.7 Å². The largest absolute Gasteiger partial charge is 0.462 e. The maximum atomic E-state index is 13.4. The van der Waals surface area contributed by atoms with E-state index in [1.807, 2.05) is 31.2 Å². The van der Waals surface area contributed by atoms with Crippen LogP contribution in [0.2, 0.25) is 0 Å². The molecule has 0 unspecified atom stereocenters. The lowest BCUT2D eigenvalue weighted by atomic mass is 9.95. The molecule has 4 rings (SSSR count). The lowest BCUT2D eigenvalue weighted by molar-refractivity contribution is -0.118. The van der Waals surface area contributed by atoms with E-state index < -0.39 is 5.92 Å². The summed E-state index contributed by atoms with van der Waals surface area (Å²) in [4.78, 5) is 34.5. The van der Waals surface area contributed by atoms with Crippen molar-refractivity contribution in [3.63, 3.8) is 0 Å². The maximum Gasteiger partial charge on any atom is 0.338 e. The molecule has 0 bridgehead atoms. The van der Waals surface area contributed by atoms with Gasteiger partial charge in [0, 0.05) is 5.71 Å². The third-order valence-corrected chi connectivity index (χ3v) is 6.10. The van der Waals surface area contributed by atoms with Crippen LogP contribution in [0.1, 0.15) is 44.0 Å². The third-order valence-electron chi connectivity index (χ3n) is 5.09. The smallest absolute Gasteiger partial charge is 0.338 e. The average Bonchev–Trinajstić information content (AvgIpc) is 3.35. The van der Waals surface area contributed by atoms with Crippen molar-refractivity contribution in [2.24, 2.45) is 16.0 Å². The number of para-hydroxylation sites is 1. The van der Waals surface area contributed by atoms with Crippen molar-refractivity contribution in [2.45, 2.75) is 33.6 Å². The Morgan fingerprint density at radius 2 is 1.91 bits per heavy atom. The Morgan fingerprint density at radius 3 is 2.59 bits per heavy atom. The van der Waals surface area contributed by atoms with Crippen LogP contribution >= 0.6 is 11.3 Å². The monoisotopic (exact) mass is 448 g/mol. The van der Waals surface area contributed by atoms with Crippen molar-refractivity contribution in [1.82, 2.24) is 4.98 Å². The number of hydrogen-bond donors (Lipinski definition) is 0. The number of benzene rings is 2. The lowest BCUT2D eigenvalue weighted by Gasteiger charge is -2.12. The second kappa shape index (κ2) is 9.40. The first-order chi connectivity index (χ1) is 15.5. The van der Waals surface area contributed by atoms with E-state index in [0.717, 1.165) is 22.3 Å². The summed E-state index contributed by atoms with van der Waals surface area (Å²) >= 11 is 1.45. The summed E-state index contributed by atoms with van der Waals surface area (Å²) in [5.74, 6) is -1.03. The van der Waals surface area contributed by atoms with Gasteiger partial charge in [0.15, 0.2) is 0 Å². The SMILES string of the molecule is CCCC1=NN(c2nc3ccccc3s2)C(=O)[C@H]1C(C)=Nc1ccc(C(=O)OCC)cc1. The molecule has 0 aliphatic carbocycles. The highest BCUT2D eigenvalue weighted by Crippen LogP contribution is 2.33. The number of esters is 1. The van der Waals surface area contributed by atoms with Gasteiger partial charge in [0.1, 0.15) is 5.92 Å². The molecule has 0 fully saturated rings. The molecule has 1 aliphatic heterocycles. The number of carbonyl (C=O) groups excluding carboxylic acids is 2. The fraction of sp³-hybridized carbons (Fsp3) is 0.292. The molecule has 1 aliphatic rings. The average molecular weight is 449 g/mol. The number of ether oxygens (including phenoxy) is 1. The first-order valence-electron chi connectivity index (χ1n) is 10.6. The van der Waals surface area contributed by atoms with Gasteiger partial charge in [-0.1, -0.05) is 36.8 Å². The molecule has 2 heterocycles. The molecule has 0 saturated carbocycles. The van der Waals surface area contributed by atoms with Crippen LogP contribution in [0.25, 0.3) is 10.2 Å². The van der Waals surface area contributed by atoms with Gasteiger partial charge < -0.3 is 4.74 Å². The van der Waals surface area contributed by atoms with Gasteiger partial charge in [0.05, 0.1) is 33.8 Å². The molecule has 0 N–H and O–H groups in total. The number of fused-ring (bicyclic) bond motifs is 1. The topological polar surface area (TPSA) is 84.2 Å². The summed E-state index contributed by atoms with van der Waals surface area (Å²) in [5, 5.41) is 6.62. The van der Waals surface area contributed by atoms with E-state index in [2.05, 4.69) is 22.0 Å². The Kier molecular flexibility index (Phi) is 6.41. The van der Waals surface area contributed by atoms with Crippen LogP contribution in [0.3, 0.4) is 0 Å². The van der Waals surface area contributed by atoms with Gasteiger partial charge in [-0.3, -0.25) is 9.79 Å². The summed E-state index contributed by atoms with van der Waals surface area (Å²) in [5.41, 5.74) is 3.44. The third kappa shape index (κ3) is 4.31. The molecule has 32 heavy (non-hydrogen) atoms. The molecule has 1 aromatic heterocycles. The number of thiazole rings is 1. The lowest BCUT2D eigenvalue weighted by Crippen LogP contribution is -2.32. The normalized spacial score (nSPS) is 16.5. The number of rotatable bonds is 7. The number of hydrazone groups is 1. The molecule has 0 radical (unpaired) electrons. The van der Waals surface area contributed by atoms with Crippen LogP contribution < -0.4 is 5.01 Å². The minimum absolute atomic E-state index is 0.142. The first-order valence-corrected chi connectivity index (χ1v) is 11.4. The van der Waals surface area contributed by atoms with Crippen LogP contribution in [0, 0.1) is 5.92 Å². The molecule has 7 nitrogen and oxygen atoms in total. The second-order valence-electron chi connectivity index (χ2n) is 7.41. The minimum Gasteiger partial charge on any atom is -0.462 e. The van der Waals surface area contributed by atoms with Gasteiger partial charge in [0.2, 0.25) is 5.13 Å². The van der Waals surface area contributed by atoms with E-state index in [-0.39, 0.29) is 11.9 Å². The van der Waals surface area contributed by atoms with Crippen LogP contribution in [0.5, 0.6) is 0 Å². The minimum atomic E-state index is -0.522. The Bertz CT molecular complexity index is 1180. The second-order valence-corrected chi connectivity index (χ2v) is 8.42. The zero-order chi connectivity index (χ0) is 22.7. The molecule has 0 spiro atoms. The van der Waals surface area contributed by atoms with E-state index in [1.165, 1.54) is 16.3 Å². The van der Waals surface area contributed by atoms with E-state index in [0.29, 0.717) is 35.1 Å². The molecule has 164 valence electrons. The molecule has 0 saturated heterocycles. The number of carbonyl (C=O) groups is 2. The number of amides is 1. The zero-order valence-corrected chi connectivity index (χ0v) is 19.1.